The quantitative estimate of drug-likeness (QED) is 0.450. The maximum Gasteiger partial charge on any atom is 0.328 e. The summed E-state index contributed by atoms with van der Waals surface area (Å²) in [6.07, 6.45) is 0.416. The van der Waals surface area contributed by atoms with Gasteiger partial charge in [-0.25, -0.2) is 13.2 Å². The maximum atomic E-state index is 14.0. The minimum Gasteiger partial charge on any atom is -0.467 e. The Balaban J connectivity index is 1.62. The van der Waals surface area contributed by atoms with Crippen LogP contribution in [0, 0.1) is 0 Å². The van der Waals surface area contributed by atoms with Gasteiger partial charge in [0, 0.05) is 6.54 Å². The standard InChI is InChI=1S/C28H29NO5S/c1-34-28(31)25-19-24(35(32,33)18-17-21-11-5-2-6-12-21)20-29(25)27(30)26(22-13-7-3-8-14-22)23-15-9-4-10-16-23/h2-16,24-26H,17-20H2,1H3/t24-,25-/m0/s1. The summed E-state index contributed by atoms with van der Waals surface area (Å²) >= 11 is 0. The van der Waals surface area contributed by atoms with Crippen LogP contribution in [-0.4, -0.2) is 55.9 Å². The summed E-state index contributed by atoms with van der Waals surface area (Å²) in [5.41, 5.74) is 2.49. The van der Waals surface area contributed by atoms with Crippen LogP contribution in [0.5, 0.6) is 0 Å². The maximum absolute atomic E-state index is 14.0. The number of amides is 1. The first-order valence-electron chi connectivity index (χ1n) is 11.6. The van der Waals surface area contributed by atoms with E-state index in [9.17, 15) is 18.0 Å². The molecule has 0 saturated carbocycles. The number of carbonyl (C=O) groups is 2. The molecule has 0 aliphatic carbocycles. The third-order valence-corrected chi connectivity index (χ3v) is 8.69. The van der Waals surface area contributed by atoms with Gasteiger partial charge in [0.2, 0.25) is 5.91 Å². The van der Waals surface area contributed by atoms with E-state index in [2.05, 4.69) is 0 Å². The molecule has 6 nitrogen and oxygen atoms in total. The van der Waals surface area contributed by atoms with E-state index in [1.165, 1.54) is 12.0 Å². The van der Waals surface area contributed by atoms with E-state index in [4.69, 9.17) is 4.74 Å². The van der Waals surface area contributed by atoms with Gasteiger partial charge < -0.3 is 9.64 Å². The van der Waals surface area contributed by atoms with Crippen molar-refractivity contribution in [2.75, 3.05) is 19.4 Å². The molecule has 0 aromatic heterocycles. The van der Waals surface area contributed by atoms with E-state index >= 15 is 0 Å². The van der Waals surface area contributed by atoms with Crippen LogP contribution in [0.25, 0.3) is 0 Å². The lowest BCUT2D eigenvalue weighted by atomic mass is 9.90. The summed E-state index contributed by atoms with van der Waals surface area (Å²) in [5.74, 6) is -1.61. The molecule has 1 fully saturated rings. The highest BCUT2D eigenvalue weighted by Gasteiger charge is 2.46. The molecule has 182 valence electrons. The van der Waals surface area contributed by atoms with Crippen LogP contribution in [0.3, 0.4) is 0 Å². The normalized spacial score (nSPS) is 17.9. The van der Waals surface area contributed by atoms with Gasteiger partial charge in [-0.2, -0.15) is 0 Å². The molecule has 1 amide bonds. The minimum atomic E-state index is -3.56. The second-order valence-electron chi connectivity index (χ2n) is 8.74. The molecular formula is C28H29NO5S. The number of likely N-dealkylation sites (tertiary alicyclic amines) is 1. The van der Waals surface area contributed by atoms with Crippen molar-refractivity contribution in [3.63, 3.8) is 0 Å². The largest absolute Gasteiger partial charge is 0.467 e. The SMILES string of the molecule is COC(=O)[C@@H]1C[C@H](S(=O)(=O)CCc2ccccc2)CN1C(=O)C(c1ccccc1)c1ccccc1. The van der Waals surface area contributed by atoms with E-state index in [1.807, 2.05) is 91.0 Å². The molecule has 0 radical (unpaired) electrons. The van der Waals surface area contributed by atoms with Crippen LogP contribution >= 0.6 is 0 Å². The van der Waals surface area contributed by atoms with E-state index in [0.717, 1.165) is 16.7 Å². The number of aryl methyl sites for hydroxylation is 1. The Hall–Kier alpha value is -3.45. The van der Waals surface area contributed by atoms with Crippen LogP contribution in [0.2, 0.25) is 0 Å². The van der Waals surface area contributed by atoms with E-state index in [-0.39, 0.29) is 24.6 Å². The number of hydrogen-bond acceptors (Lipinski definition) is 5. The highest BCUT2D eigenvalue weighted by molar-refractivity contribution is 7.92. The fourth-order valence-electron chi connectivity index (χ4n) is 4.67. The molecule has 1 heterocycles. The zero-order valence-corrected chi connectivity index (χ0v) is 20.4. The molecule has 1 aliphatic heterocycles. The number of benzene rings is 3. The number of methoxy groups -OCH3 is 1. The Morgan fingerprint density at radius 1 is 0.886 bits per heavy atom. The van der Waals surface area contributed by atoms with Gasteiger partial charge in [0.15, 0.2) is 9.84 Å². The van der Waals surface area contributed by atoms with Crippen molar-refractivity contribution >= 4 is 21.7 Å². The molecule has 0 unspecified atom stereocenters. The van der Waals surface area contributed by atoms with Gasteiger partial charge in [-0.05, 0) is 29.5 Å². The van der Waals surface area contributed by atoms with E-state index in [1.54, 1.807) is 0 Å². The first kappa shape index (κ1) is 24.7. The Morgan fingerprint density at radius 2 is 1.40 bits per heavy atom. The summed E-state index contributed by atoms with van der Waals surface area (Å²) in [7, 11) is -2.30. The van der Waals surface area contributed by atoms with Crippen molar-refractivity contribution in [1.82, 2.24) is 4.90 Å². The van der Waals surface area contributed by atoms with Gasteiger partial charge in [-0.1, -0.05) is 91.0 Å². The first-order chi connectivity index (χ1) is 16.9. The molecule has 4 rings (SSSR count). The predicted octanol–water partition coefficient (Wildman–Crippen LogP) is 3.62. The van der Waals surface area contributed by atoms with E-state index < -0.39 is 33.0 Å². The van der Waals surface area contributed by atoms with Crippen LogP contribution < -0.4 is 0 Å². The number of esters is 1. The lowest BCUT2D eigenvalue weighted by Crippen LogP contribution is -2.44. The van der Waals surface area contributed by atoms with Gasteiger partial charge in [0.25, 0.3) is 0 Å². The molecule has 0 spiro atoms. The van der Waals surface area contributed by atoms with Crippen molar-refractivity contribution in [1.29, 1.82) is 0 Å². The average molecular weight is 492 g/mol. The monoisotopic (exact) mass is 491 g/mol. The lowest BCUT2D eigenvalue weighted by molar-refractivity contribution is -0.151. The Labute approximate surface area is 206 Å². The first-order valence-corrected chi connectivity index (χ1v) is 13.4. The zero-order valence-electron chi connectivity index (χ0n) is 19.6. The summed E-state index contributed by atoms with van der Waals surface area (Å²) in [6, 6.07) is 27.1. The van der Waals surface area contributed by atoms with Crippen molar-refractivity contribution in [3.8, 4) is 0 Å². The fourth-order valence-corrected chi connectivity index (χ4v) is 6.38. The van der Waals surface area contributed by atoms with Crippen molar-refractivity contribution in [2.24, 2.45) is 0 Å². The molecule has 0 N–H and O–H groups in total. The molecule has 1 saturated heterocycles. The summed E-state index contributed by atoms with van der Waals surface area (Å²) in [6.45, 7) is -0.0358. The fraction of sp³-hybridized carbons (Fsp3) is 0.286. The van der Waals surface area contributed by atoms with Gasteiger partial charge in [0.05, 0.1) is 24.0 Å². The van der Waals surface area contributed by atoms with Gasteiger partial charge in [0.1, 0.15) is 6.04 Å². The highest BCUT2D eigenvalue weighted by Crippen LogP contribution is 2.33. The average Bonchev–Trinajstić information content (AvgIpc) is 3.36. The molecule has 3 aromatic rings. The van der Waals surface area contributed by atoms with E-state index in [0.29, 0.717) is 6.42 Å². The Kier molecular flexibility index (Phi) is 7.66. The van der Waals surface area contributed by atoms with Crippen LogP contribution in [0.4, 0.5) is 0 Å². The van der Waals surface area contributed by atoms with Gasteiger partial charge in [-0.15, -0.1) is 0 Å². The topological polar surface area (TPSA) is 80.8 Å². The van der Waals surface area contributed by atoms with Crippen LogP contribution in [0.1, 0.15) is 29.0 Å². The number of carbonyl (C=O) groups excluding carboxylic acids is 2. The Bertz CT molecular complexity index is 1210. The minimum absolute atomic E-state index is 0.0336. The molecule has 7 heteroatoms. The number of hydrogen-bond donors (Lipinski definition) is 0. The molecule has 0 bridgehead atoms. The van der Waals surface area contributed by atoms with Crippen LogP contribution in [0.15, 0.2) is 91.0 Å². The smallest absolute Gasteiger partial charge is 0.328 e. The highest BCUT2D eigenvalue weighted by atomic mass is 32.2. The number of ether oxygens (including phenoxy) is 1. The third-order valence-electron chi connectivity index (χ3n) is 6.56. The Morgan fingerprint density at radius 3 is 1.91 bits per heavy atom. The molecule has 3 aromatic carbocycles. The number of nitrogens with zero attached hydrogens (tertiary/aromatic N) is 1. The zero-order chi connectivity index (χ0) is 24.8. The van der Waals surface area contributed by atoms with Crippen molar-refractivity contribution < 1.29 is 22.7 Å². The van der Waals surface area contributed by atoms with Gasteiger partial charge >= 0.3 is 5.97 Å². The second-order valence-corrected chi connectivity index (χ2v) is 11.1. The summed E-state index contributed by atoms with van der Waals surface area (Å²) in [5, 5.41) is -0.827. The third kappa shape index (κ3) is 5.62. The summed E-state index contributed by atoms with van der Waals surface area (Å²) in [4.78, 5) is 28.0. The van der Waals surface area contributed by atoms with Crippen molar-refractivity contribution in [3.05, 3.63) is 108 Å². The second kappa shape index (κ2) is 10.9. The van der Waals surface area contributed by atoms with Crippen molar-refractivity contribution in [2.45, 2.75) is 30.1 Å². The lowest BCUT2D eigenvalue weighted by Gasteiger charge is -2.28. The van der Waals surface area contributed by atoms with Gasteiger partial charge in [-0.3, -0.25) is 4.79 Å². The predicted molar refractivity (Wildman–Crippen MR) is 135 cm³/mol. The molecule has 1 aliphatic rings. The molecule has 35 heavy (non-hydrogen) atoms. The van der Waals surface area contributed by atoms with Crippen LogP contribution in [-0.2, 0) is 30.6 Å². The summed E-state index contributed by atoms with van der Waals surface area (Å²) < 4.78 is 31.5. The number of rotatable bonds is 8. The molecule has 2 atom stereocenters. The number of sulfone groups is 1. The molecular weight excluding hydrogens is 462 g/mol.